The quantitative estimate of drug-likeness (QED) is 0.297. The fraction of sp³-hybridized carbons (Fsp3) is 0.160. The lowest BCUT2D eigenvalue weighted by atomic mass is 10.1. The summed E-state index contributed by atoms with van der Waals surface area (Å²) in [4.78, 5) is 17.6. The Morgan fingerprint density at radius 1 is 1.15 bits per heavy atom. The molecular weight excluding hydrogens is 452 g/mol. The molecule has 8 heteroatoms. The molecule has 1 N–H and O–H groups in total. The Balaban J connectivity index is 1.32. The van der Waals surface area contributed by atoms with Gasteiger partial charge in [-0.1, -0.05) is 30.3 Å². The molecule has 1 amide bonds. The third-order valence-corrected chi connectivity index (χ3v) is 7.40. The van der Waals surface area contributed by atoms with E-state index in [-0.39, 0.29) is 5.91 Å². The maximum Gasteiger partial charge on any atom is 0.287 e. The van der Waals surface area contributed by atoms with Gasteiger partial charge in [0.25, 0.3) is 5.91 Å². The van der Waals surface area contributed by atoms with Crippen molar-refractivity contribution in [1.82, 2.24) is 20.1 Å². The van der Waals surface area contributed by atoms with Crippen LogP contribution >= 0.6 is 23.1 Å². The molecule has 166 valence electrons. The standard InChI is InChI=1S/C25H22N4O2S2/c1-16-12-17(2)29(28-16)22-10-9-18(13-26-22)14-27-25(30)24-20(15-33-23-8-5-11-32-23)19-6-3-4-7-21(19)31-24/h3-13H,14-15H2,1-2H3,(H,27,30). The summed E-state index contributed by atoms with van der Waals surface area (Å²) in [6.45, 7) is 4.31. The van der Waals surface area contributed by atoms with Gasteiger partial charge in [-0.25, -0.2) is 9.67 Å². The van der Waals surface area contributed by atoms with E-state index >= 15 is 0 Å². The predicted octanol–water partition coefficient (Wildman–Crippen LogP) is 5.91. The monoisotopic (exact) mass is 474 g/mol. The third-order valence-electron chi connectivity index (χ3n) is 5.25. The van der Waals surface area contributed by atoms with Gasteiger partial charge in [0.15, 0.2) is 11.6 Å². The Morgan fingerprint density at radius 2 is 2.03 bits per heavy atom. The molecule has 0 atom stereocenters. The van der Waals surface area contributed by atoms with E-state index in [0.717, 1.165) is 39.3 Å². The summed E-state index contributed by atoms with van der Waals surface area (Å²) < 4.78 is 8.98. The number of carbonyl (C=O) groups excluding carboxylic acids is 1. The predicted molar refractivity (Wildman–Crippen MR) is 132 cm³/mol. The van der Waals surface area contributed by atoms with Gasteiger partial charge in [0.2, 0.25) is 0 Å². The Kier molecular flexibility index (Phi) is 6.02. The van der Waals surface area contributed by atoms with Crippen molar-refractivity contribution in [2.24, 2.45) is 0 Å². The summed E-state index contributed by atoms with van der Waals surface area (Å²) in [7, 11) is 0. The van der Waals surface area contributed by atoms with E-state index in [1.807, 2.05) is 67.1 Å². The second-order valence-electron chi connectivity index (χ2n) is 7.67. The van der Waals surface area contributed by atoms with Crippen LogP contribution in [-0.4, -0.2) is 20.7 Å². The van der Waals surface area contributed by atoms with Crippen LogP contribution in [0.5, 0.6) is 0 Å². The highest BCUT2D eigenvalue weighted by molar-refractivity contribution is 8.00. The number of thiophene rings is 1. The van der Waals surface area contributed by atoms with Gasteiger partial charge in [0, 0.05) is 35.1 Å². The van der Waals surface area contributed by atoms with Crippen molar-refractivity contribution in [1.29, 1.82) is 0 Å². The first-order valence-corrected chi connectivity index (χ1v) is 12.4. The van der Waals surface area contributed by atoms with Crippen molar-refractivity contribution < 1.29 is 9.21 Å². The zero-order valence-electron chi connectivity index (χ0n) is 18.2. The number of aromatic nitrogens is 3. The number of para-hydroxylation sites is 1. The first-order chi connectivity index (χ1) is 16.1. The van der Waals surface area contributed by atoms with Crippen molar-refractivity contribution in [3.8, 4) is 5.82 Å². The number of furan rings is 1. The number of thioether (sulfide) groups is 1. The highest BCUT2D eigenvalue weighted by Crippen LogP contribution is 2.33. The average molecular weight is 475 g/mol. The van der Waals surface area contributed by atoms with E-state index in [1.165, 1.54) is 4.21 Å². The summed E-state index contributed by atoms with van der Waals surface area (Å²) in [5, 5.41) is 10.5. The average Bonchev–Trinajstić information content (AvgIpc) is 3.55. The largest absolute Gasteiger partial charge is 0.451 e. The number of carbonyl (C=O) groups is 1. The van der Waals surface area contributed by atoms with Gasteiger partial charge in [0.1, 0.15) is 5.58 Å². The second kappa shape index (κ2) is 9.25. The van der Waals surface area contributed by atoms with Gasteiger partial charge in [-0.2, -0.15) is 5.10 Å². The van der Waals surface area contributed by atoms with Crippen LogP contribution < -0.4 is 5.32 Å². The lowest BCUT2D eigenvalue weighted by molar-refractivity contribution is 0.0924. The molecule has 6 nitrogen and oxygen atoms in total. The van der Waals surface area contributed by atoms with Crippen LogP contribution in [0.4, 0.5) is 0 Å². The molecule has 33 heavy (non-hydrogen) atoms. The number of nitrogens with one attached hydrogen (secondary N) is 1. The minimum atomic E-state index is -0.226. The van der Waals surface area contributed by atoms with Crippen LogP contribution in [0.3, 0.4) is 0 Å². The van der Waals surface area contributed by atoms with Crippen molar-refractivity contribution in [2.45, 2.75) is 30.4 Å². The molecule has 0 saturated heterocycles. The molecule has 1 aromatic carbocycles. The Hall–Kier alpha value is -3.36. The molecule has 4 aromatic heterocycles. The van der Waals surface area contributed by atoms with E-state index in [0.29, 0.717) is 18.1 Å². The summed E-state index contributed by atoms with van der Waals surface area (Å²) >= 11 is 3.40. The van der Waals surface area contributed by atoms with Gasteiger partial charge in [-0.15, -0.1) is 23.1 Å². The van der Waals surface area contributed by atoms with Crippen LogP contribution in [0.25, 0.3) is 16.8 Å². The lowest BCUT2D eigenvalue weighted by Gasteiger charge is -2.07. The number of hydrogen-bond donors (Lipinski definition) is 1. The molecule has 0 radical (unpaired) electrons. The van der Waals surface area contributed by atoms with Crippen molar-refractivity contribution in [3.05, 3.63) is 94.4 Å². The molecule has 0 aliphatic heterocycles. The molecular formula is C25H22N4O2S2. The number of fused-ring (bicyclic) bond motifs is 1. The van der Waals surface area contributed by atoms with Gasteiger partial charge < -0.3 is 9.73 Å². The summed E-state index contributed by atoms with van der Waals surface area (Å²) in [6.07, 6.45) is 1.76. The van der Waals surface area contributed by atoms with E-state index in [4.69, 9.17) is 4.42 Å². The van der Waals surface area contributed by atoms with Crippen LogP contribution in [0.1, 0.15) is 33.1 Å². The Bertz CT molecular complexity index is 1400. The zero-order chi connectivity index (χ0) is 22.8. The number of benzene rings is 1. The summed E-state index contributed by atoms with van der Waals surface area (Å²) in [5.74, 6) is 1.56. The highest BCUT2D eigenvalue weighted by atomic mass is 32.2. The van der Waals surface area contributed by atoms with Crippen LogP contribution in [-0.2, 0) is 12.3 Å². The van der Waals surface area contributed by atoms with E-state index < -0.39 is 0 Å². The number of nitrogens with zero attached hydrogens (tertiary/aromatic N) is 3. The Morgan fingerprint density at radius 3 is 2.76 bits per heavy atom. The van der Waals surface area contributed by atoms with Crippen molar-refractivity contribution in [2.75, 3.05) is 0 Å². The fourth-order valence-corrected chi connectivity index (χ4v) is 5.50. The van der Waals surface area contributed by atoms with E-state index in [1.54, 1.807) is 29.3 Å². The first kappa shape index (κ1) is 21.5. The maximum absolute atomic E-state index is 13.1. The molecule has 0 fully saturated rings. The van der Waals surface area contributed by atoms with Crippen molar-refractivity contribution >= 4 is 40.0 Å². The molecule has 0 aliphatic carbocycles. The third kappa shape index (κ3) is 4.58. The molecule has 0 spiro atoms. The molecule has 5 aromatic rings. The van der Waals surface area contributed by atoms with E-state index in [2.05, 4.69) is 26.8 Å². The summed E-state index contributed by atoms with van der Waals surface area (Å²) in [5.41, 5.74) is 4.52. The number of rotatable bonds is 7. The van der Waals surface area contributed by atoms with Gasteiger partial charge >= 0.3 is 0 Å². The number of aryl methyl sites for hydroxylation is 2. The molecule has 4 heterocycles. The van der Waals surface area contributed by atoms with Crippen molar-refractivity contribution in [3.63, 3.8) is 0 Å². The minimum Gasteiger partial charge on any atom is -0.451 e. The molecule has 0 bridgehead atoms. The zero-order valence-corrected chi connectivity index (χ0v) is 19.9. The first-order valence-electron chi connectivity index (χ1n) is 10.5. The second-order valence-corrected chi connectivity index (χ2v) is 9.90. The number of pyridine rings is 1. The SMILES string of the molecule is Cc1cc(C)n(-c2ccc(CNC(=O)c3oc4ccccc4c3CSc3cccs3)cn2)n1. The molecule has 0 unspecified atom stereocenters. The normalized spacial score (nSPS) is 11.2. The van der Waals surface area contributed by atoms with Gasteiger partial charge in [0.05, 0.1) is 9.90 Å². The maximum atomic E-state index is 13.1. The number of hydrogen-bond acceptors (Lipinski definition) is 6. The fourth-order valence-electron chi connectivity index (χ4n) is 3.68. The van der Waals surface area contributed by atoms with Gasteiger partial charge in [-0.05, 0) is 49.1 Å². The summed E-state index contributed by atoms with van der Waals surface area (Å²) in [6, 6.07) is 17.8. The lowest BCUT2D eigenvalue weighted by Crippen LogP contribution is -2.23. The molecule has 0 aliphatic rings. The highest BCUT2D eigenvalue weighted by Gasteiger charge is 2.20. The van der Waals surface area contributed by atoms with Crippen LogP contribution in [0, 0.1) is 13.8 Å². The van der Waals surface area contributed by atoms with Crippen LogP contribution in [0.15, 0.2) is 74.8 Å². The topological polar surface area (TPSA) is 73.0 Å². The Labute approximate surface area is 199 Å². The van der Waals surface area contributed by atoms with Crippen LogP contribution in [0.2, 0.25) is 0 Å². The number of amides is 1. The smallest absolute Gasteiger partial charge is 0.287 e. The molecule has 5 rings (SSSR count). The molecule has 0 saturated carbocycles. The van der Waals surface area contributed by atoms with Gasteiger partial charge in [-0.3, -0.25) is 4.79 Å². The minimum absolute atomic E-state index is 0.226. The van der Waals surface area contributed by atoms with E-state index in [9.17, 15) is 4.79 Å².